The van der Waals surface area contributed by atoms with Crippen molar-refractivity contribution >= 4 is 17.2 Å². The second-order valence-corrected chi connectivity index (χ2v) is 3.57. The van der Waals surface area contributed by atoms with Gasteiger partial charge in [-0.25, -0.2) is 5.06 Å². The van der Waals surface area contributed by atoms with Gasteiger partial charge in [-0.3, -0.25) is 9.63 Å². The summed E-state index contributed by atoms with van der Waals surface area (Å²) in [5, 5.41) is 3.22. The minimum absolute atomic E-state index is 0.0906. The summed E-state index contributed by atoms with van der Waals surface area (Å²) in [7, 11) is 3.08. The molecule has 1 amide bonds. The number of carbonyl (C=O) groups is 1. The van der Waals surface area contributed by atoms with Crippen LogP contribution in [0, 0.1) is 0 Å². The first-order valence-corrected chi connectivity index (χ1v) is 4.96. The molecule has 1 aromatic heterocycles. The van der Waals surface area contributed by atoms with E-state index in [4.69, 9.17) is 4.84 Å². The number of hydroxylamine groups is 2. The van der Waals surface area contributed by atoms with E-state index < -0.39 is 0 Å². The third kappa shape index (κ3) is 2.29. The molecule has 4 heteroatoms. The predicted molar refractivity (Wildman–Crippen MR) is 52.8 cm³/mol. The monoisotopic (exact) mass is 199 g/mol. The number of aryl methyl sites for hydroxylation is 1. The first-order valence-electron chi connectivity index (χ1n) is 4.08. The van der Waals surface area contributed by atoms with Crippen molar-refractivity contribution in [1.82, 2.24) is 5.06 Å². The number of rotatable bonds is 3. The van der Waals surface area contributed by atoms with Crippen molar-refractivity contribution in [3.63, 3.8) is 0 Å². The number of carbonyl (C=O) groups excluding carboxylic acids is 1. The second-order valence-electron chi connectivity index (χ2n) is 2.66. The van der Waals surface area contributed by atoms with E-state index in [-0.39, 0.29) is 5.91 Å². The van der Waals surface area contributed by atoms with Crippen molar-refractivity contribution in [3.05, 3.63) is 21.9 Å². The van der Waals surface area contributed by atoms with Crippen molar-refractivity contribution < 1.29 is 9.63 Å². The lowest BCUT2D eigenvalue weighted by Crippen LogP contribution is -2.24. The Bertz CT molecular complexity index is 296. The van der Waals surface area contributed by atoms with Gasteiger partial charge in [0, 0.05) is 7.05 Å². The Kier molecular flexibility index (Phi) is 3.45. The van der Waals surface area contributed by atoms with E-state index in [0.29, 0.717) is 0 Å². The summed E-state index contributed by atoms with van der Waals surface area (Å²) in [6, 6.07) is 1.91. The van der Waals surface area contributed by atoms with Crippen LogP contribution in [0.25, 0.3) is 0 Å². The van der Waals surface area contributed by atoms with Crippen molar-refractivity contribution in [3.8, 4) is 0 Å². The molecular weight excluding hydrogens is 186 g/mol. The standard InChI is InChI=1S/C9H13NO2S/c1-4-7-5-8(13-6-7)9(11)10(2)12-3/h5-6H,4H2,1-3H3. The molecule has 0 aliphatic rings. The maximum Gasteiger partial charge on any atom is 0.287 e. The fourth-order valence-electron chi connectivity index (χ4n) is 0.911. The summed E-state index contributed by atoms with van der Waals surface area (Å²) >= 11 is 1.45. The van der Waals surface area contributed by atoms with Crippen LogP contribution in [0.15, 0.2) is 11.4 Å². The molecule has 0 unspecified atom stereocenters. The molecule has 0 bridgehead atoms. The summed E-state index contributed by atoms with van der Waals surface area (Å²) in [6.07, 6.45) is 0.959. The Morgan fingerprint density at radius 1 is 1.69 bits per heavy atom. The smallest absolute Gasteiger partial charge is 0.274 e. The molecule has 0 radical (unpaired) electrons. The zero-order chi connectivity index (χ0) is 9.84. The largest absolute Gasteiger partial charge is 0.287 e. The van der Waals surface area contributed by atoms with Crippen LogP contribution in [0.1, 0.15) is 22.2 Å². The van der Waals surface area contributed by atoms with E-state index in [1.54, 1.807) is 7.05 Å². The third-order valence-electron chi connectivity index (χ3n) is 1.83. The van der Waals surface area contributed by atoms with Crippen LogP contribution in [0.3, 0.4) is 0 Å². The molecule has 0 aliphatic carbocycles. The van der Waals surface area contributed by atoms with Crippen LogP contribution in [-0.2, 0) is 11.3 Å². The maximum absolute atomic E-state index is 11.5. The Balaban J connectivity index is 2.77. The first-order chi connectivity index (χ1) is 6.19. The number of amides is 1. The molecule has 1 rings (SSSR count). The van der Waals surface area contributed by atoms with Gasteiger partial charge in [-0.2, -0.15) is 0 Å². The second kappa shape index (κ2) is 4.39. The van der Waals surface area contributed by atoms with Gasteiger partial charge in [0.15, 0.2) is 0 Å². The lowest BCUT2D eigenvalue weighted by Gasteiger charge is -2.11. The van der Waals surface area contributed by atoms with Crippen LogP contribution in [0.4, 0.5) is 0 Å². The lowest BCUT2D eigenvalue weighted by molar-refractivity contribution is -0.0753. The topological polar surface area (TPSA) is 29.5 Å². The summed E-state index contributed by atoms with van der Waals surface area (Å²) in [6.45, 7) is 2.07. The molecule has 13 heavy (non-hydrogen) atoms. The molecule has 0 saturated carbocycles. The van der Waals surface area contributed by atoms with E-state index in [2.05, 4.69) is 6.92 Å². The molecule has 0 N–H and O–H groups in total. The van der Waals surface area contributed by atoms with Crippen LogP contribution in [-0.4, -0.2) is 25.1 Å². The third-order valence-corrected chi connectivity index (χ3v) is 2.80. The Labute approximate surface area is 81.9 Å². The Hall–Kier alpha value is -0.870. The van der Waals surface area contributed by atoms with E-state index >= 15 is 0 Å². The molecule has 0 spiro atoms. The van der Waals surface area contributed by atoms with Crippen molar-refractivity contribution in [2.45, 2.75) is 13.3 Å². The van der Waals surface area contributed by atoms with Crippen molar-refractivity contribution in [2.24, 2.45) is 0 Å². The van der Waals surface area contributed by atoms with Gasteiger partial charge in [0.25, 0.3) is 5.91 Å². The highest BCUT2D eigenvalue weighted by Gasteiger charge is 2.12. The van der Waals surface area contributed by atoms with E-state index in [1.165, 1.54) is 29.1 Å². The molecule has 72 valence electrons. The summed E-state index contributed by atoms with van der Waals surface area (Å²) in [5.74, 6) is -0.0906. The van der Waals surface area contributed by atoms with Gasteiger partial charge in [0.05, 0.1) is 12.0 Å². The zero-order valence-electron chi connectivity index (χ0n) is 8.03. The van der Waals surface area contributed by atoms with Crippen LogP contribution in [0.5, 0.6) is 0 Å². The molecule has 3 nitrogen and oxygen atoms in total. The SMILES string of the molecule is CCc1csc(C(=O)N(C)OC)c1. The van der Waals surface area contributed by atoms with Crippen molar-refractivity contribution in [2.75, 3.05) is 14.2 Å². The summed E-state index contributed by atoms with van der Waals surface area (Å²) in [5.41, 5.74) is 1.19. The van der Waals surface area contributed by atoms with Gasteiger partial charge in [-0.15, -0.1) is 11.3 Å². The minimum atomic E-state index is -0.0906. The van der Waals surface area contributed by atoms with E-state index in [0.717, 1.165) is 11.3 Å². The molecule has 1 aromatic rings. The van der Waals surface area contributed by atoms with Gasteiger partial charge in [-0.05, 0) is 23.4 Å². The average molecular weight is 199 g/mol. The molecule has 0 saturated heterocycles. The summed E-state index contributed by atoms with van der Waals surface area (Å²) < 4.78 is 0. The molecule has 0 atom stereocenters. The highest BCUT2D eigenvalue weighted by Crippen LogP contribution is 2.16. The quantitative estimate of drug-likeness (QED) is 0.696. The average Bonchev–Trinajstić information content (AvgIpc) is 2.63. The first kappa shape index (κ1) is 10.2. The molecule has 1 heterocycles. The Morgan fingerprint density at radius 3 is 2.85 bits per heavy atom. The van der Waals surface area contributed by atoms with Crippen LogP contribution < -0.4 is 0 Å². The van der Waals surface area contributed by atoms with Gasteiger partial charge in [0.1, 0.15) is 0 Å². The predicted octanol–water partition coefficient (Wildman–Crippen LogP) is 1.94. The number of nitrogens with zero attached hydrogens (tertiary/aromatic N) is 1. The minimum Gasteiger partial charge on any atom is -0.274 e. The molecular formula is C9H13NO2S. The normalized spacial score (nSPS) is 10.1. The Morgan fingerprint density at radius 2 is 2.38 bits per heavy atom. The number of hydrogen-bond donors (Lipinski definition) is 0. The van der Waals surface area contributed by atoms with Gasteiger partial charge >= 0.3 is 0 Å². The van der Waals surface area contributed by atoms with Crippen molar-refractivity contribution in [1.29, 1.82) is 0 Å². The van der Waals surface area contributed by atoms with Crippen LogP contribution in [0.2, 0.25) is 0 Å². The van der Waals surface area contributed by atoms with Gasteiger partial charge < -0.3 is 0 Å². The summed E-state index contributed by atoms with van der Waals surface area (Å²) in [4.78, 5) is 17.0. The maximum atomic E-state index is 11.5. The van der Waals surface area contributed by atoms with Gasteiger partial charge in [-0.1, -0.05) is 6.92 Å². The number of hydrogen-bond acceptors (Lipinski definition) is 3. The molecule has 0 fully saturated rings. The van der Waals surface area contributed by atoms with E-state index in [9.17, 15) is 4.79 Å². The fourth-order valence-corrected chi connectivity index (χ4v) is 1.87. The van der Waals surface area contributed by atoms with Crippen LogP contribution >= 0.6 is 11.3 Å². The van der Waals surface area contributed by atoms with E-state index in [1.807, 2.05) is 11.4 Å². The van der Waals surface area contributed by atoms with Gasteiger partial charge in [0.2, 0.25) is 0 Å². The molecule has 0 aromatic carbocycles. The zero-order valence-corrected chi connectivity index (χ0v) is 8.85. The molecule has 0 aliphatic heterocycles. The highest BCUT2D eigenvalue weighted by atomic mass is 32.1. The fraction of sp³-hybridized carbons (Fsp3) is 0.444. The highest BCUT2D eigenvalue weighted by molar-refractivity contribution is 7.12. The number of thiophene rings is 1. The lowest BCUT2D eigenvalue weighted by atomic mass is 10.2.